The van der Waals surface area contributed by atoms with Crippen molar-refractivity contribution in [3.8, 4) is 0 Å². The van der Waals surface area contributed by atoms with Gasteiger partial charge in [-0.05, 0) is 31.5 Å². The summed E-state index contributed by atoms with van der Waals surface area (Å²) in [5.41, 5.74) is 1.68. The summed E-state index contributed by atoms with van der Waals surface area (Å²) >= 11 is 0. The van der Waals surface area contributed by atoms with E-state index in [0.717, 1.165) is 5.56 Å². The van der Waals surface area contributed by atoms with Crippen molar-refractivity contribution < 1.29 is 9.53 Å². The first-order valence-electron chi connectivity index (χ1n) is 4.67. The van der Waals surface area contributed by atoms with Gasteiger partial charge in [0.15, 0.2) is 0 Å². The zero-order valence-electron chi connectivity index (χ0n) is 8.49. The topological polar surface area (TPSA) is 26.3 Å². The Morgan fingerprint density at radius 2 is 2.00 bits per heavy atom. The Hall–Kier alpha value is -1.57. The lowest BCUT2D eigenvalue weighted by atomic mass is 10.1. The van der Waals surface area contributed by atoms with Crippen LogP contribution >= 0.6 is 0 Å². The van der Waals surface area contributed by atoms with Crippen LogP contribution in [0.4, 0.5) is 0 Å². The molecule has 0 aliphatic heterocycles. The SMILES string of the molecule is CC=Cc1ccc(C(=O)OCC)cc1. The molecule has 14 heavy (non-hydrogen) atoms. The molecule has 0 spiro atoms. The molecule has 1 aromatic rings. The van der Waals surface area contributed by atoms with E-state index in [-0.39, 0.29) is 5.97 Å². The van der Waals surface area contributed by atoms with Crippen LogP contribution in [0.5, 0.6) is 0 Å². The molecule has 0 fully saturated rings. The monoisotopic (exact) mass is 190 g/mol. The molecule has 0 heterocycles. The van der Waals surface area contributed by atoms with E-state index in [1.807, 2.05) is 31.2 Å². The molecule has 0 unspecified atom stereocenters. The number of carbonyl (C=O) groups is 1. The molecule has 0 aliphatic rings. The Morgan fingerprint density at radius 3 is 2.50 bits per heavy atom. The van der Waals surface area contributed by atoms with Crippen molar-refractivity contribution in [3.63, 3.8) is 0 Å². The van der Waals surface area contributed by atoms with E-state index < -0.39 is 0 Å². The van der Waals surface area contributed by atoms with Gasteiger partial charge in [-0.3, -0.25) is 0 Å². The lowest BCUT2D eigenvalue weighted by Crippen LogP contribution is -2.03. The van der Waals surface area contributed by atoms with Crippen LogP contribution in [0.15, 0.2) is 30.3 Å². The second-order valence-electron chi connectivity index (χ2n) is 2.84. The molecule has 0 aromatic heterocycles. The van der Waals surface area contributed by atoms with Crippen LogP contribution in [-0.4, -0.2) is 12.6 Å². The van der Waals surface area contributed by atoms with Crippen molar-refractivity contribution in [1.29, 1.82) is 0 Å². The zero-order valence-corrected chi connectivity index (χ0v) is 8.49. The number of benzene rings is 1. The average molecular weight is 190 g/mol. The van der Waals surface area contributed by atoms with Gasteiger partial charge in [0.2, 0.25) is 0 Å². The Balaban J connectivity index is 2.77. The van der Waals surface area contributed by atoms with Crippen molar-refractivity contribution in [3.05, 3.63) is 41.5 Å². The van der Waals surface area contributed by atoms with Crippen molar-refractivity contribution in [2.45, 2.75) is 13.8 Å². The zero-order chi connectivity index (χ0) is 10.4. The fourth-order valence-corrected chi connectivity index (χ4v) is 1.14. The summed E-state index contributed by atoms with van der Waals surface area (Å²) in [6.07, 6.45) is 3.94. The van der Waals surface area contributed by atoms with Crippen LogP contribution in [0.2, 0.25) is 0 Å². The fourth-order valence-electron chi connectivity index (χ4n) is 1.14. The second-order valence-corrected chi connectivity index (χ2v) is 2.84. The van der Waals surface area contributed by atoms with Gasteiger partial charge in [-0.25, -0.2) is 4.79 Å². The van der Waals surface area contributed by atoms with Gasteiger partial charge in [-0.2, -0.15) is 0 Å². The highest BCUT2D eigenvalue weighted by Crippen LogP contribution is 2.07. The summed E-state index contributed by atoms with van der Waals surface area (Å²) in [6.45, 7) is 4.17. The van der Waals surface area contributed by atoms with Gasteiger partial charge in [0.25, 0.3) is 0 Å². The van der Waals surface area contributed by atoms with E-state index >= 15 is 0 Å². The molecule has 0 N–H and O–H groups in total. The summed E-state index contributed by atoms with van der Waals surface area (Å²) in [5, 5.41) is 0. The van der Waals surface area contributed by atoms with E-state index in [1.165, 1.54) is 0 Å². The highest BCUT2D eigenvalue weighted by Gasteiger charge is 2.04. The number of hydrogen-bond acceptors (Lipinski definition) is 2. The second kappa shape index (κ2) is 5.22. The lowest BCUT2D eigenvalue weighted by Gasteiger charge is -2.01. The molecule has 0 saturated carbocycles. The van der Waals surface area contributed by atoms with E-state index in [4.69, 9.17) is 4.74 Å². The maximum Gasteiger partial charge on any atom is 0.338 e. The van der Waals surface area contributed by atoms with Gasteiger partial charge in [-0.1, -0.05) is 24.3 Å². The Labute approximate surface area is 84.2 Å². The predicted octanol–water partition coefficient (Wildman–Crippen LogP) is 2.90. The van der Waals surface area contributed by atoms with E-state index in [0.29, 0.717) is 12.2 Å². The molecule has 1 aromatic carbocycles. The number of carbonyl (C=O) groups excluding carboxylic acids is 1. The van der Waals surface area contributed by atoms with Crippen LogP contribution in [0.25, 0.3) is 6.08 Å². The minimum atomic E-state index is -0.264. The Morgan fingerprint density at radius 1 is 1.36 bits per heavy atom. The van der Waals surface area contributed by atoms with Crippen molar-refractivity contribution in [1.82, 2.24) is 0 Å². The largest absolute Gasteiger partial charge is 0.462 e. The fraction of sp³-hybridized carbons (Fsp3) is 0.250. The normalized spacial score (nSPS) is 10.4. The van der Waals surface area contributed by atoms with Gasteiger partial charge in [0.1, 0.15) is 0 Å². The molecular weight excluding hydrogens is 176 g/mol. The van der Waals surface area contributed by atoms with E-state index in [1.54, 1.807) is 19.1 Å². The molecule has 1 rings (SSSR count). The van der Waals surface area contributed by atoms with Crippen LogP contribution in [0, 0.1) is 0 Å². The van der Waals surface area contributed by atoms with Crippen molar-refractivity contribution in [2.24, 2.45) is 0 Å². The molecule has 2 heteroatoms. The number of esters is 1. The standard InChI is InChI=1S/C12H14O2/c1-3-5-10-6-8-11(9-7-10)12(13)14-4-2/h3,5-9H,4H2,1-2H3. The van der Waals surface area contributed by atoms with Gasteiger partial charge in [0.05, 0.1) is 12.2 Å². The molecule has 0 saturated heterocycles. The third-order valence-corrected chi connectivity index (χ3v) is 1.78. The Kier molecular flexibility index (Phi) is 3.92. The number of rotatable bonds is 3. The number of allylic oxidation sites excluding steroid dienone is 1. The molecule has 0 radical (unpaired) electrons. The first kappa shape index (κ1) is 10.5. The summed E-state index contributed by atoms with van der Waals surface area (Å²) in [4.78, 5) is 11.3. The molecule has 0 aliphatic carbocycles. The van der Waals surface area contributed by atoms with Crippen LogP contribution in [0.3, 0.4) is 0 Å². The highest BCUT2D eigenvalue weighted by molar-refractivity contribution is 5.89. The summed E-state index contributed by atoms with van der Waals surface area (Å²) in [7, 11) is 0. The highest BCUT2D eigenvalue weighted by atomic mass is 16.5. The number of hydrogen-bond donors (Lipinski definition) is 0. The minimum Gasteiger partial charge on any atom is -0.462 e. The maximum atomic E-state index is 11.3. The molecule has 74 valence electrons. The Bertz CT molecular complexity index is 323. The molecular formula is C12H14O2. The third-order valence-electron chi connectivity index (χ3n) is 1.78. The van der Waals surface area contributed by atoms with Crippen LogP contribution in [0.1, 0.15) is 29.8 Å². The minimum absolute atomic E-state index is 0.264. The van der Waals surface area contributed by atoms with Gasteiger partial charge in [-0.15, -0.1) is 0 Å². The first-order valence-corrected chi connectivity index (χ1v) is 4.67. The third kappa shape index (κ3) is 2.73. The smallest absolute Gasteiger partial charge is 0.338 e. The van der Waals surface area contributed by atoms with E-state index in [2.05, 4.69) is 0 Å². The average Bonchev–Trinajstić information content (AvgIpc) is 2.20. The summed E-state index contributed by atoms with van der Waals surface area (Å²) in [5.74, 6) is -0.264. The van der Waals surface area contributed by atoms with Gasteiger partial charge < -0.3 is 4.74 Å². The molecule has 0 atom stereocenters. The summed E-state index contributed by atoms with van der Waals surface area (Å²) in [6, 6.07) is 7.33. The quantitative estimate of drug-likeness (QED) is 0.685. The molecule has 0 amide bonds. The number of ether oxygens (including phenoxy) is 1. The van der Waals surface area contributed by atoms with E-state index in [9.17, 15) is 4.79 Å². The first-order chi connectivity index (χ1) is 6.77. The van der Waals surface area contributed by atoms with Crippen LogP contribution in [-0.2, 0) is 4.74 Å². The predicted molar refractivity (Wildman–Crippen MR) is 57.1 cm³/mol. The van der Waals surface area contributed by atoms with Crippen LogP contribution < -0.4 is 0 Å². The summed E-state index contributed by atoms with van der Waals surface area (Å²) < 4.78 is 4.87. The molecule has 2 nitrogen and oxygen atoms in total. The van der Waals surface area contributed by atoms with Crippen molar-refractivity contribution >= 4 is 12.0 Å². The van der Waals surface area contributed by atoms with Crippen molar-refractivity contribution in [2.75, 3.05) is 6.61 Å². The molecule has 0 bridgehead atoms. The maximum absolute atomic E-state index is 11.3. The van der Waals surface area contributed by atoms with Gasteiger partial charge >= 0.3 is 5.97 Å². The van der Waals surface area contributed by atoms with Gasteiger partial charge in [0, 0.05) is 0 Å². The lowest BCUT2D eigenvalue weighted by molar-refractivity contribution is 0.0526.